The van der Waals surface area contributed by atoms with Gasteiger partial charge in [0, 0.05) is 49.9 Å². The van der Waals surface area contributed by atoms with E-state index in [0.717, 1.165) is 13.1 Å². The first kappa shape index (κ1) is 17.1. The van der Waals surface area contributed by atoms with E-state index in [2.05, 4.69) is 5.32 Å². The molecule has 2 aliphatic rings. The minimum Gasteiger partial charge on any atom is -0.339 e. The molecule has 0 unspecified atom stereocenters. The number of hydrogen-bond acceptors (Lipinski definition) is 3. The van der Waals surface area contributed by atoms with Crippen LogP contribution < -0.4 is 5.32 Å². The van der Waals surface area contributed by atoms with Crippen LogP contribution >= 0.6 is 24.0 Å². The predicted octanol–water partition coefficient (Wildman–Crippen LogP) is 1.27. The van der Waals surface area contributed by atoms with E-state index in [9.17, 15) is 9.59 Å². The Hall–Kier alpha value is -1.30. The van der Waals surface area contributed by atoms with Crippen LogP contribution in [-0.4, -0.2) is 60.9 Å². The number of amides is 2. The Morgan fingerprint density at radius 2 is 1.73 bits per heavy atom. The lowest BCUT2D eigenvalue weighted by molar-refractivity contribution is -0.138. The molecule has 2 amide bonds. The Labute approximate surface area is 141 Å². The topological polar surface area (TPSA) is 52.7 Å². The predicted molar refractivity (Wildman–Crippen MR) is 87.5 cm³/mol. The summed E-state index contributed by atoms with van der Waals surface area (Å²) in [6.45, 7) is 3.94. The number of halogens is 2. The van der Waals surface area contributed by atoms with Crippen molar-refractivity contribution in [2.24, 2.45) is 5.92 Å². The highest BCUT2D eigenvalue weighted by atomic mass is 35.5. The maximum atomic E-state index is 12.4. The molecule has 2 heterocycles. The Balaban J connectivity index is 0.00000176. The van der Waals surface area contributed by atoms with E-state index < -0.39 is 0 Å². The summed E-state index contributed by atoms with van der Waals surface area (Å²) in [7, 11) is 0. The monoisotopic (exact) mass is 343 g/mol. The van der Waals surface area contributed by atoms with Gasteiger partial charge in [-0.15, -0.1) is 12.4 Å². The lowest BCUT2D eigenvalue weighted by Crippen LogP contribution is -2.57. The summed E-state index contributed by atoms with van der Waals surface area (Å²) >= 11 is 5.92. The summed E-state index contributed by atoms with van der Waals surface area (Å²) in [5.41, 5.74) is 0.602. The van der Waals surface area contributed by atoms with Crippen LogP contribution in [0, 0.1) is 5.92 Å². The maximum Gasteiger partial charge on any atom is 0.254 e. The van der Waals surface area contributed by atoms with Gasteiger partial charge in [0.2, 0.25) is 5.91 Å². The molecule has 22 heavy (non-hydrogen) atoms. The van der Waals surface area contributed by atoms with Gasteiger partial charge in [-0.05, 0) is 18.2 Å². The zero-order chi connectivity index (χ0) is 14.8. The molecular weight excluding hydrogens is 325 g/mol. The third-order valence-corrected chi connectivity index (χ3v) is 4.32. The van der Waals surface area contributed by atoms with Crippen LogP contribution in [0.2, 0.25) is 5.02 Å². The zero-order valence-corrected chi connectivity index (χ0v) is 13.7. The SMILES string of the molecule is Cl.O=C(c1cccc(Cl)c1)N1CCN(C(=O)C2CNC2)CC1. The first-order chi connectivity index (χ1) is 10.1. The Kier molecular flexibility index (Phi) is 5.67. The second kappa shape index (κ2) is 7.31. The number of hydrogen-bond donors (Lipinski definition) is 1. The lowest BCUT2D eigenvalue weighted by atomic mass is 10.0. The molecule has 1 aromatic carbocycles. The normalized spacial score (nSPS) is 18.4. The molecule has 2 fully saturated rings. The molecule has 120 valence electrons. The van der Waals surface area contributed by atoms with E-state index in [1.165, 1.54) is 0 Å². The highest BCUT2D eigenvalue weighted by molar-refractivity contribution is 6.30. The zero-order valence-electron chi connectivity index (χ0n) is 12.1. The van der Waals surface area contributed by atoms with Gasteiger partial charge in [-0.3, -0.25) is 9.59 Å². The third-order valence-electron chi connectivity index (χ3n) is 4.08. The molecule has 5 nitrogen and oxygen atoms in total. The summed E-state index contributed by atoms with van der Waals surface area (Å²) in [5.74, 6) is 0.318. The van der Waals surface area contributed by atoms with Crippen LogP contribution in [-0.2, 0) is 4.79 Å². The van der Waals surface area contributed by atoms with Crippen molar-refractivity contribution in [3.63, 3.8) is 0 Å². The number of benzene rings is 1. The molecule has 0 aromatic heterocycles. The van der Waals surface area contributed by atoms with E-state index in [-0.39, 0.29) is 30.1 Å². The van der Waals surface area contributed by atoms with E-state index in [1.807, 2.05) is 4.90 Å². The summed E-state index contributed by atoms with van der Waals surface area (Å²) in [5, 5.41) is 3.67. The van der Waals surface area contributed by atoms with Crippen molar-refractivity contribution >= 4 is 35.8 Å². The molecule has 0 bridgehead atoms. The average Bonchev–Trinajstić information content (AvgIpc) is 2.45. The number of carbonyl (C=O) groups is 2. The smallest absolute Gasteiger partial charge is 0.254 e. The van der Waals surface area contributed by atoms with Crippen LogP contribution in [0.25, 0.3) is 0 Å². The van der Waals surface area contributed by atoms with Crippen molar-refractivity contribution in [3.05, 3.63) is 34.9 Å². The van der Waals surface area contributed by atoms with E-state index in [0.29, 0.717) is 36.8 Å². The van der Waals surface area contributed by atoms with Crippen molar-refractivity contribution in [1.29, 1.82) is 0 Å². The van der Waals surface area contributed by atoms with E-state index in [4.69, 9.17) is 11.6 Å². The lowest BCUT2D eigenvalue weighted by Gasteiger charge is -2.38. The standard InChI is InChI=1S/C15H18ClN3O2.ClH/c16-13-3-1-2-11(8-13)14(20)18-4-6-19(7-5-18)15(21)12-9-17-10-12;/h1-3,8,12,17H,4-7,9-10H2;1H. The fraction of sp³-hybridized carbons (Fsp3) is 0.467. The van der Waals surface area contributed by atoms with Crippen LogP contribution in [0.4, 0.5) is 0 Å². The average molecular weight is 344 g/mol. The van der Waals surface area contributed by atoms with Gasteiger partial charge in [0.05, 0.1) is 5.92 Å². The van der Waals surface area contributed by atoms with Crippen LogP contribution in [0.3, 0.4) is 0 Å². The van der Waals surface area contributed by atoms with Gasteiger partial charge in [0.15, 0.2) is 0 Å². The van der Waals surface area contributed by atoms with Gasteiger partial charge in [-0.25, -0.2) is 0 Å². The highest BCUT2D eigenvalue weighted by Gasteiger charge is 2.32. The molecular formula is C15H19Cl2N3O2. The second-order valence-electron chi connectivity index (χ2n) is 5.48. The first-order valence-corrected chi connectivity index (χ1v) is 7.57. The minimum absolute atomic E-state index is 0. The summed E-state index contributed by atoms with van der Waals surface area (Å²) in [4.78, 5) is 28.2. The summed E-state index contributed by atoms with van der Waals surface area (Å²) < 4.78 is 0. The molecule has 1 N–H and O–H groups in total. The molecule has 0 aliphatic carbocycles. The van der Waals surface area contributed by atoms with Crippen molar-refractivity contribution < 1.29 is 9.59 Å². The van der Waals surface area contributed by atoms with E-state index in [1.54, 1.807) is 29.2 Å². The molecule has 0 atom stereocenters. The Morgan fingerprint density at radius 1 is 1.09 bits per heavy atom. The van der Waals surface area contributed by atoms with Crippen LogP contribution in [0.15, 0.2) is 24.3 Å². The van der Waals surface area contributed by atoms with Gasteiger partial charge >= 0.3 is 0 Å². The molecule has 0 radical (unpaired) electrons. The van der Waals surface area contributed by atoms with E-state index >= 15 is 0 Å². The van der Waals surface area contributed by atoms with Gasteiger partial charge in [-0.1, -0.05) is 17.7 Å². The van der Waals surface area contributed by atoms with Gasteiger partial charge < -0.3 is 15.1 Å². The Morgan fingerprint density at radius 3 is 2.27 bits per heavy atom. The quantitative estimate of drug-likeness (QED) is 0.879. The maximum absolute atomic E-state index is 12.4. The van der Waals surface area contributed by atoms with Crippen molar-refractivity contribution in [2.75, 3.05) is 39.3 Å². The fourth-order valence-corrected chi connectivity index (χ4v) is 2.85. The number of piperazine rings is 1. The second-order valence-corrected chi connectivity index (χ2v) is 5.92. The molecule has 3 rings (SSSR count). The molecule has 2 aliphatic heterocycles. The molecule has 0 spiro atoms. The fourth-order valence-electron chi connectivity index (χ4n) is 2.66. The van der Waals surface area contributed by atoms with Crippen molar-refractivity contribution in [3.8, 4) is 0 Å². The molecule has 7 heteroatoms. The molecule has 1 aromatic rings. The Bertz CT molecular complexity index is 555. The van der Waals surface area contributed by atoms with Crippen molar-refractivity contribution in [1.82, 2.24) is 15.1 Å². The van der Waals surface area contributed by atoms with Gasteiger partial charge in [0.25, 0.3) is 5.91 Å². The number of nitrogens with one attached hydrogen (secondary N) is 1. The van der Waals surface area contributed by atoms with Gasteiger partial charge in [0.1, 0.15) is 0 Å². The largest absolute Gasteiger partial charge is 0.339 e. The number of rotatable bonds is 2. The van der Waals surface area contributed by atoms with Crippen LogP contribution in [0.5, 0.6) is 0 Å². The van der Waals surface area contributed by atoms with Gasteiger partial charge in [-0.2, -0.15) is 0 Å². The number of nitrogens with zero attached hydrogens (tertiary/aromatic N) is 2. The number of carbonyl (C=O) groups excluding carboxylic acids is 2. The summed E-state index contributed by atoms with van der Waals surface area (Å²) in [6, 6.07) is 6.98. The van der Waals surface area contributed by atoms with Crippen molar-refractivity contribution in [2.45, 2.75) is 0 Å². The highest BCUT2D eigenvalue weighted by Crippen LogP contribution is 2.15. The minimum atomic E-state index is -0.0186. The molecule has 0 saturated carbocycles. The molecule has 2 saturated heterocycles. The summed E-state index contributed by atoms with van der Waals surface area (Å²) in [6.07, 6.45) is 0. The first-order valence-electron chi connectivity index (χ1n) is 7.19. The van der Waals surface area contributed by atoms with Crippen LogP contribution in [0.1, 0.15) is 10.4 Å². The third kappa shape index (κ3) is 3.54.